The summed E-state index contributed by atoms with van der Waals surface area (Å²) < 4.78 is 10.00. The lowest BCUT2D eigenvalue weighted by atomic mass is 10.2. The topological polar surface area (TPSA) is 103 Å². The van der Waals surface area contributed by atoms with Crippen LogP contribution in [0.4, 0.5) is 11.5 Å². The number of hydrogen-bond donors (Lipinski definition) is 2. The van der Waals surface area contributed by atoms with Crippen LogP contribution < -0.4 is 11.1 Å². The number of pyridine rings is 1. The van der Waals surface area contributed by atoms with Crippen LogP contribution in [0.1, 0.15) is 28.7 Å². The van der Waals surface area contributed by atoms with Gasteiger partial charge in [0.15, 0.2) is 5.76 Å². The second kappa shape index (κ2) is 6.05. The quantitative estimate of drug-likeness (QED) is 0.802. The number of rotatable bonds is 5. The fraction of sp³-hybridized carbons (Fsp3) is 0.308. The molecule has 0 amide bonds. The number of anilines is 2. The molecule has 0 saturated heterocycles. The van der Waals surface area contributed by atoms with Crippen molar-refractivity contribution in [3.63, 3.8) is 0 Å². The van der Waals surface area contributed by atoms with Crippen molar-refractivity contribution in [1.29, 1.82) is 0 Å². The van der Waals surface area contributed by atoms with E-state index >= 15 is 0 Å². The SMILES string of the molecule is CCOC(=O)c1cc(NCc2cc(C)no2)ncc1N. The molecule has 0 aliphatic carbocycles. The highest BCUT2D eigenvalue weighted by Gasteiger charge is 2.12. The zero-order valence-corrected chi connectivity index (χ0v) is 11.3. The predicted molar refractivity (Wildman–Crippen MR) is 73.2 cm³/mol. The standard InChI is InChI=1S/C13H16N4O3/c1-3-19-13(18)10-5-12(16-7-11(10)14)15-6-9-4-8(2)17-20-9/h4-5,7H,3,6,14H2,1-2H3,(H,15,16). The molecule has 7 heteroatoms. The molecule has 0 spiro atoms. The van der Waals surface area contributed by atoms with Crippen LogP contribution in [0.3, 0.4) is 0 Å². The van der Waals surface area contributed by atoms with Crippen molar-refractivity contribution in [2.75, 3.05) is 17.7 Å². The smallest absolute Gasteiger partial charge is 0.340 e. The predicted octanol–water partition coefficient (Wildman–Crippen LogP) is 1.75. The molecule has 0 aliphatic heterocycles. The maximum absolute atomic E-state index is 11.7. The fourth-order valence-corrected chi connectivity index (χ4v) is 1.63. The summed E-state index contributed by atoms with van der Waals surface area (Å²) in [6.45, 7) is 4.29. The van der Waals surface area contributed by atoms with Gasteiger partial charge >= 0.3 is 5.97 Å². The molecule has 0 unspecified atom stereocenters. The van der Waals surface area contributed by atoms with Crippen molar-refractivity contribution in [1.82, 2.24) is 10.1 Å². The van der Waals surface area contributed by atoms with E-state index in [1.54, 1.807) is 13.0 Å². The Morgan fingerprint density at radius 1 is 1.50 bits per heavy atom. The van der Waals surface area contributed by atoms with Crippen LogP contribution in [0.5, 0.6) is 0 Å². The molecule has 3 N–H and O–H groups in total. The lowest BCUT2D eigenvalue weighted by Crippen LogP contribution is -2.10. The molecule has 0 atom stereocenters. The molecule has 7 nitrogen and oxygen atoms in total. The highest BCUT2D eigenvalue weighted by molar-refractivity contribution is 5.95. The molecule has 0 aromatic carbocycles. The van der Waals surface area contributed by atoms with E-state index < -0.39 is 5.97 Å². The first-order chi connectivity index (χ1) is 9.60. The van der Waals surface area contributed by atoms with Gasteiger partial charge in [0.05, 0.1) is 36.3 Å². The maximum Gasteiger partial charge on any atom is 0.340 e. The van der Waals surface area contributed by atoms with Crippen LogP contribution in [-0.2, 0) is 11.3 Å². The third-order valence-corrected chi connectivity index (χ3v) is 2.55. The lowest BCUT2D eigenvalue weighted by Gasteiger charge is -2.08. The summed E-state index contributed by atoms with van der Waals surface area (Å²) in [5.74, 6) is 0.723. The number of carbonyl (C=O) groups is 1. The van der Waals surface area contributed by atoms with Crippen LogP contribution in [0.2, 0.25) is 0 Å². The third-order valence-electron chi connectivity index (χ3n) is 2.55. The Kier molecular flexibility index (Phi) is 4.19. The van der Waals surface area contributed by atoms with Crippen molar-refractivity contribution in [3.05, 3.63) is 35.3 Å². The van der Waals surface area contributed by atoms with E-state index in [1.807, 2.05) is 13.0 Å². The molecule has 0 bridgehead atoms. The average molecular weight is 276 g/mol. The molecular weight excluding hydrogens is 260 g/mol. The number of aryl methyl sites for hydroxylation is 1. The highest BCUT2D eigenvalue weighted by atomic mass is 16.5. The van der Waals surface area contributed by atoms with Crippen molar-refractivity contribution in [3.8, 4) is 0 Å². The van der Waals surface area contributed by atoms with Crippen molar-refractivity contribution in [2.45, 2.75) is 20.4 Å². The summed E-state index contributed by atoms with van der Waals surface area (Å²) in [7, 11) is 0. The van der Waals surface area contributed by atoms with Gasteiger partial charge in [-0.3, -0.25) is 0 Å². The number of esters is 1. The third kappa shape index (κ3) is 3.25. The summed E-state index contributed by atoms with van der Waals surface area (Å²) >= 11 is 0. The van der Waals surface area contributed by atoms with Crippen LogP contribution in [0.15, 0.2) is 22.9 Å². The van der Waals surface area contributed by atoms with Gasteiger partial charge in [-0.15, -0.1) is 0 Å². The number of nitrogens with zero attached hydrogens (tertiary/aromatic N) is 2. The Labute approximate surface area is 116 Å². The van der Waals surface area contributed by atoms with E-state index in [1.165, 1.54) is 6.20 Å². The Hall–Kier alpha value is -2.57. The number of nitrogen functional groups attached to an aromatic ring is 1. The van der Waals surface area contributed by atoms with Gasteiger partial charge < -0.3 is 20.3 Å². The molecule has 2 aromatic heterocycles. The number of ether oxygens (including phenoxy) is 1. The van der Waals surface area contributed by atoms with Crippen LogP contribution in [0, 0.1) is 6.92 Å². The summed E-state index contributed by atoms with van der Waals surface area (Å²) in [6.07, 6.45) is 1.42. The minimum absolute atomic E-state index is 0.282. The molecule has 2 heterocycles. The monoisotopic (exact) mass is 276 g/mol. The van der Waals surface area contributed by atoms with E-state index in [9.17, 15) is 4.79 Å². The number of nitrogens with one attached hydrogen (secondary N) is 1. The van der Waals surface area contributed by atoms with Crippen LogP contribution in [0.25, 0.3) is 0 Å². The largest absolute Gasteiger partial charge is 0.462 e. The molecule has 106 valence electrons. The fourth-order valence-electron chi connectivity index (χ4n) is 1.63. The lowest BCUT2D eigenvalue weighted by molar-refractivity contribution is 0.0527. The van der Waals surface area contributed by atoms with Gasteiger partial charge in [0.25, 0.3) is 0 Å². The van der Waals surface area contributed by atoms with E-state index in [4.69, 9.17) is 15.0 Å². The Bertz CT molecular complexity index is 609. The molecule has 2 aromatic rings. The summed E-state index contributed by atoms with van der Waals surface area (Å²) in [5.41, 5.74) is 7.09. The van der Waals surface area contributed by atoms with Crippen LogP contribution >= 0.6 is 0 Å². The number of aromatic nitrogens is 2. The van der Waals surface area contributed by atoms with Crippen molar-refractivity contribution in [2.24, 2.45) is 0 Å². The first-order valence-corrected chi connectivity index (χ1v) is 6.19. The van der Waals surface area contributed by atoms with Gasteiger partial charge in [-0.2, -0.15) is 0 Å². The first-order valence-electron chi connectivity index (χ1n) is 6.19. The summed E-state index contributed by atoms with van der Waals surface area (Å²) in [4.78, 5) is 15.8. The molecule has 2 rings (SSSR count). The van der Waals surface area contributed by atoms with Crippen molar-refractivity contribution >= 4 is 17.5 Å². The Morgan fingerprint density at radius 2 is 2.30 bits per heavy atom. The normalized spacial score (nSPS) is 10.3. The zero-order valence-electron chi connectivity index (χ0n) is 11.3. The number of hydrogen-bond acceptors (Lipinski definition) is 7. The molecule has 20 heavy (non-hydrogen) atoms. The summed E-state index contributed by atoms with van der Waals surface area (Å²) in [6, 6.07) is 3.37. The van der Waals surface area contributed by atoms with Gasteiger partial charge in [-0.05, 0) is 19.9 Å². The molecule has 0 saturated carbocycles. The zero-order chi connectivity index (χ0) is 14.5. The molecule has 0 radical (unpaired) electrons. The second-order valence-electron chi connectivity index (χ2n) is 4.17. The van der Waals surface area contributed by atoms with E-state index in [0.29, 0.717) is 24.7 Å². The van der Waals surface area contributed by atoms with Gasteiger partial charge in [-0.25, -0.2) is 9.78 Å². The van der Waals surface area contributed by atoms with Crippen LogP contribution in [-0.4, -0.2) is 22.7 Å². The van der Waals surface area contributed by atoms with E-state index in [0.717, 1.165) is 5.69 Å². The van der Waals surface area contributed by atoms with Gasteiger partial charge in [0.1, 0.15) is 5.82 Å². The minimum Gasteiger partial charge on any atom is -0.462 e. The number of nitrogens with two attached hydrogens (primary N) is 1. The van der Waals surface area contributed by atoms with E-state index in [2.05, 4.69) is 15.5 Å². The Morgan fingerprint density at radius 3 is 2.95 bits per heavy atom. The highest BCUT2D eigenvalue weighted by Crippen LogP contribution is 2.17. The molecular formula is C13H16N4O3. The van der Waals surface area contributed by atoms with Gasteiger partial charge in [0, 0.05) is 6.07 Å². The first kappa shape index (κ1) is 13.9. The van der Waals surface area contributed by atoms with Gasteiger partial charge in [-0.1, -0.05) is 5.16 Å². The average Bonchev–Trinajstić information content (AvgIpc) is 2.84. The minimum atomic E-state index is -0.467. The molecule has 0 fully saturated rings. The summed E-state index contributed by atoms with van der Waals surface area (Å²) in [5, 5.41) is 6.81. The Balaban J connectivity index is 2.08. The van der Waals surface area contributed by atoms with E-state index in [-0.39, 0.29) is 11.3 Å². The van der Waals surface area contributed by atoms with Gasteiger partial charge in [0.2, 0.25) is 0 Å². The maximum atomic E-state index is 11.7. The molecule has 0 aliphatic rings. The van der Waals surface area contributed by atoms with Crippen molar-refractivity contribution < 1.29 is 14.1 Å². The second-order valence-corrected chi connectivity index (χ2v) is 4.17. The number of carbonyl (C=O) groups excluding carboxylic acids is 1.